The van der Waals surface area contributed by atoms with Crippen LogP contribution in [0.25, 0.3) is 0 Å². The predicted molar refractivity (Wildman–Crippen MR) is 93.7 cm³/mol. The van der Waals surface area contributed by atoms with E-state index in [0.717, 1.165) is 23.3 Å². The summed E-state index contributed by atoms with van der Waals surface area (Å²) in [5.74, 6) is 0.895. The number of hydrogen-bond acceptors (Lipinski definition) is 2. The Morgan fingerprint density at radius 3 is 2.48 bits per heavy atom. The van der Waals surface area contributed by atoms with Crippen LogP contribution in [0.2, 0.25) is 0 Å². The largest absolute Gasteiger partial charge is 0.496 e. The number of para-hydroxylation sites is 1. The van der Waals surface area contributed by atoms with E-state index >= 15 is 0 Å². The number of rotatable bonds is 7. The Bertz CT molecular complexity index is 634. The van der Waals surface area contributed by atoms with Gasteiger partial charge in [0, 0.05) is 6.42 Å². The Balaban J connectivity index is 1.88. The lowest BCUT2D eigenvalue weighted by Gasteiger charge is -2.15. The SMILES string of the molecule is CCc1ccc(C(C)NC(=O)CCc2ccccc2OC)cc1. The zero-order chi connectivity index (χ0) is 16.7. The first-order valence-electron chi connectivity index (χ1n) is 8.14. The number of benzene rings is 2. The summed E-state index contributed by atoms with van der Waals surface area (Å²) in [5.41, 5.74) is 3.50. The highest BCUT2D eigenvalue weighted by Gasteiger charge is 2.11. The number of aryl methyl sites for hydroxylation is 2. The molecule has 0 bridgehead atoms. The molecular weight excluding hydrogens is 286 g/mol. The lowest BCUT2D eigenvalue weighted by Crippen LogP contribution is -2.26. The standard InChI is InChI=1S/C20H25NO2/c1-4-16-9-11-17(12-10-16)15(2)21-20(22)14-13-18-7-5-6-8-19(18)23-3/h5-12,15H,4,13-14H2,1-3H3,(H,21,22). The quantitative estimate of drug-likeness (QED) is 0.837. The van der Waals surface area contributed by atoms with Crippen LogP contribution in [0.3, 0.4) is 0 Å². The molecule has 0 fully saturated rings. The molecule has 0 saturated heterocycles. The summed E-state index contributed by atoms with van der Waals surface area (Å²) >= 11 is 0. The van der Waals surface area contributed by atoms with Crippen molar-refractivity contribution in [2.24, 2.45) is 0 Å². The zero-order valence-electron chi connectivity index (χ0n) is 14.1. The molecule has 1 amide bonds. The summed E-state index contributed by atoms with van der Waals surface area (Å²) in [4.78, 5) is 12.2. The van der Waals surface area contributed by atoms with Crippen molar-refractivity contribution in [3.05, 3.63) is 65.2 Å². The molecule has 0 aromatic heterocycles. The van der Waals surface area contributed by atoms with E-state index in [-0.39, 0.29) is 11.9 Å². The van der Waals surface area contributed by atoms with Gasteiger partial charge in [0.1, 0.15) is 5.75 Å². The van der Waals surface area contributed by atoms with Crippen LogP contribution in [0.4, 0.5) is 0 Å². The van der Waals surface area contributed by atoms with Crippen LogP contribution in [-0.2, 0) is 17.6 Å². The summed E-state index contributed by atoms with van der Waals surface area (Å²) < 4.78 is 5.32. The Labute approximate surface area is 138 Å². The zero-order valence-corrected chi connectivity index (χ0v) is 14.1. The van der Waals surface area contributed by atoms with E-state index in [1.165, 1.54) is 5.56 Å². The second-order valence-electron chi connectivity index (χ2n) is 5.70. The Hall–Kier alpha value is -2.29. The van der Waals surface area contributed by atoms with Crippen molar-refractivity contribution in [3.8, 4) is 5.75 Å². The van der Waals surface area contributed by atoms with Crippen LogP contribution < -0.4 is 10.1 Å². The fourth-order valence-electron chi connectivity index (χ4n) is 2.60. The summed E-state index contributed by atoms with van der Waals surface area (Å²) in [6.07, 6.45) is 2.16. The molecule has 2 aromatic carbocycles. The van der Waals surface area contributed by atoms with Crippen LogP contribution in [0, 0.1) is 0 Å². The number of methoxy groups -OCH3 is 1. The molecule has 0 aliphatic carbocycles. The second-order valence-corrected chi connectivity index (χ2v) is 5.70. The first-order valence-corrected chi connectivity index (χ1v) is 8.14. The first kappa shape index (κ1) is 17.1. The molecule has 0 heterocycles. The van der Waals surface area contributed by atoms with Crippen LogP contribution >= 0.6 is 0 Å². The molecule has 3 heteroatoms. The van der Waals surface area contributed by atoms with Gasteiger partial charge in [-0.3, -0.25) is 4.79 Å². The van der Waals surface area contributed by atoms with Crippen LogP contribution in [0.5, 0.6) is 5.75 Å². The molecule has 1 N–H and O–H groups in total. The molecule has 1 atom stereocenters. The average molecular weight is 311 g/mol. The molecule has 3 nitrogen and oxygen atoms in total. The predicted octanol–water partition coefficient (Wildman–Crippen LogP) is 4.07. The van der Waals surface area contributed by atoms with Gasteiger partial charge in [-0.15, -0.1) is 0 Å². The van der Waals surface area contributed by atoms with Crippen molar-refractivity contribution in [2.75, 3.05) is 7.11 Å². The van der Waals surface area contributed by atoms with Gasteiger partial charge in [-0.1, -0.05) is 49.4 Å². The van der Waals surface area contributed by atoms with Crippen molar-refractivity contribution in [1.29, 1.82) is 0 Å². The van der Waals surface area contributed by atoms with Gasteiger partial charge in [0.05, 0.1) is 13.2 Å². The van der Waals surface area contributed by atoms with Gasteiger partial charge in [0.2, 0.25) is 5.91 Å². The van der Waals surface area contributed by atoms with Crippen molar-refractivity contribution in [2.45, 2.75) is 39.2 Å². The Morgan fingerprint density at radius 2 is 1.83 bits per heavy atom. The van der Waals surface area contributed by atoms with E-state index in [1.807, 2.05) is 31.2 Å². The molecule has 1 unspecified atom stereocenters. The molecule has 0 radical (unpaired) electrons. The Morgan fingerprint density at radius 1 is 1.13 bits per heavy atom. The van der Waals surface area contributed by atoms with Gasteiger partial charge in [0.15, 0.2) is 0 Å². The van der Waals surface area contributed by atoms with Crippen molar-refractivity contribution in [1.82, 2.24) is 5.32 Å². The van der Waals surface area contributed by atoms with E-state index in [4.69, 9.17) is 4.74 Å². The highest BCUT2D eigenvalue weighted by molar-refractivity contribution is 5.76. The molecule has 122 valence electrons. The lowest BCUT2D eigenvalue weighted by molar-refractivity contribution is -0.121. The van der Waals surface area contributed by atoms with Gasteiger partial charge in [-0.05, 0) is 42.5 Å². The fourth-order valence-corrected chi connectivity index (χ4v) is 2.60. The highest BCUT2D eigenvalue weighted by Crippen LogP contribution is 2.19. The van der Waals surface area contributed by atoms with Gasteiger partial charge in [-0.25, -0.2) is 0 Å². The third kappa shape index (κ3) is 4.85. The van der Waals surface area contributed by atoms with E-state index < -0.39 is 0 Å². The molecule has 0 aliphatic rings. The molecule has 0 spiro atoms. The highest BCUT2D eigenvalue weighted by atomic mass is 16.5. The molecule has 2 rings (SSSR count). The number of carbonyl (C=O) groups is 1. The van der Waals surface area contributed by atoms with Crippen LogP contribution in [0.1, 0.15) is 43.0 Å². The van der Waals surface area contributed by atoms with E-state index in [2.05, 4.69) is 36.5 Å². The molecular formula is C20H25NO2. The number of amides is 1. The molecule has 2 aromatic rings. The van der Waals surface area contributed by atoms with Crippen molar-refractivity contribution < 1.29 is 9.53 Å². The average Bonchev–Trinajstić information content (AvgIpc) is 2.60. The van der Waals surface area contributed by atoms with Gasteiger partial charge >= 0.3 is 0 Å². The van der Waals surface area contributed by atoms with Gasteiger partial charge in [-0.2, -0.15) is 0 Å². The van der Waals surface area contributed by atoms with Gasteiger partial charge < -0.3 is 10.1 Å². The molecule has 23 heavy (non-hydrogen) atoms. The summed E-state index contributed by atoms with van der Waals surface area (Å²) in [6.45, 7) is 4.15. The maximum absolute atomic E-state index is 12.2. The third-order valence-electron chi connectivity index (χ3n) is 4.08. The fraction of sp³-hybridized carbons (Fsp3) is 0.350. The van der Waals surface area contributed by atoms with Gasteiger partial charge in [0.25, 0.3) is 0 Å². The minimum atomic E-state index is 0.0195. The number of ether oxygens (including phenoxy) is 1. The van der Waals surface area contributed by atoms with Crippen LogP contribution in [-0.4, -0.2) is 13.0 Å². The van der Waals surface area contributed by atoms with Crippen molar-refractivity contribution in [3.63, 3.8) is 0 Å². The van der Waals surface area contributed by atoms with E-state index in [1.54, 1.807) is 7.11 Å². The van der Waals surface area contributed by atoms with E-state index in [9.17, 15) is 4.79 Å². The van der Waals surface area contributed by atoms with Crippen LogP contribution in [0.15, 0.2) is 48.5 Å². The maximum atomic E-state index is 12.2. The van der Waals surface area contributed by atoms with E-state index in [0.29, 0.717) is 12.8 Å². The summed E-state index contributed by atoms with van der Waals surface area (Å²) in [5, 5.41) is 3.06. The third-order valence-corrected chi connectivity index (χ3v) is 4.08. The second kappa shape index (κ2) is 8.37. The van der Waals surface area contributed by atoms with Crippen molar-refractivity contribution >= 4 is 5.91 Å². The maximum Gasteiger partial charge on any atom is 0.220 e. The normalized spacial score (nSPS) is 11.8. The topological polar surface area (TPSA) is 38.3 Å². The lowest BCUT2D eigenvalue weighted by atomic mass is 10.0. The monoisotopic (exact) mass is 311 g/mol. The molecule has 0 aliphatic heterocycles. The summed E-state index contributed by atoms with van der Waals surface area (Å²) in [6, 6.07) is 16.3. The summed E-state index contributed by atoms with van der Waals surface area (Å²) in [7, 11) is 1.65. The Kier molecular flexibility index (Phi) is 6.21. The smallest absolute Gasteiger partial charge is 0.220 e. The molecule has 0 saturated carbocycles. The first-order chi connectivity index (χ1) is 11.1. The number of hydrogen-bond donors (Lipinski definition) is 1. The minimum Gasteiger partial charge on any atom is -0.496 e. The number of nitrogens with one attached hydrogen (secondary N) is 1. The number of carbonyl (C=O) groups excluding carboxylic acids is 1. The minimum absolute atomic E-state index is 0.0195.